The van der Waals surface area contributed by atoms with Crippen LogP contribution in [0.25, 0.3) is 0 Å². The Kier molecular flexibility index (Phi) is 9.35. The van der Waals surface area contributed by atoms with E-state index in [1.165, 1.54) is 31.5 Å². The number of nitrogens with one attached hydrogen (secondary N) is 2. The molecule has 1 unspecified atom stereocenters. The molecule has 0 spiro atoms. The number of hydrogen-bond donors (Lipinski definition) is 3. The highest BCUT2D eigenvalue weighted by Crippen LogP contribution is 2.17. The summed E-state index contributed by atoms with van der Waals surface area (Å²) >= 11 is 0. The third kappa shape index (κ3) is 6.08. The maximum absolute atomic E-state index is 13.4. The van der Waals surface area contributed by atoms with E-state index in [0.29, 0.717) is 12.6 Å². The minimum Gasteiger partial charge on any atom is -0.505 e. The number of halogens is 2. The lowest BCUT2D eigenvalue weighted by atomic mass is 10.2. The Labute approximate surface area is 160 Å². The second-order valence-electron chi connectivity index (χ2n) is 5.79. The lowest BCUT2D eigenvalue weighted by Gasteiger charge is -2.24. The average Bonchev–Trinajstić information content (AvgIpc) is 3.00. The Morgan fingerprint density at radius 3 is 2.83 bits per heavy atom. The molecule has 1 aliphatic rings. The van der Waals surface area contributed by atoms with Crippen molar-refractivity contribution in [2.45, 2.75) is 39.3 Å². The summed E-state index contributed by atoms with van der Waals surface area (Å²) < 4.78 is 13.4. The summed E-state index contributed by atoms with van der Waals surface area (Å²) in [6, 6.07) is 4.91. The summed E-state index contributed by atoms with van der Waals surface area (Å²) in [6.07, 6.45) is 2.46. The number of aromatic hydroxyl groups is 1. The predicted molar refractivity (Wildman–Crippen MR) is 107 cm³/mol. The molecule has 3 N–H and O–H groups in total. The first kappa shape index (κ1) is 21.0. The summed E-state index contributed by atoms with van der Waals surface area (Å²) in [5.41, 5.74) is 0.730. The highest BCUT2D eigenvalue weighted by Gasteiger charge is 2.22. The first-order valence-corrected chi connectivity index (χ1v) is 8.37. The second-order valence-corrected chi connectivity index (χ2v) is 5.79. The number of rotatable bonds is 6. The van der Waals surface area contributed by atoms with Crippen molar-refractivity contribution in [2.24, 2.45) is 4.99 Å². The van der Waals surface area contributed by atoms with Gasteiger partial charge in [0.2, 0.25) is 0 Å². The minimum absolute atomic E-state index is 0. The summed E-state index contributed by atoms with van der Waals surface area (Å²) in [4.78, 5) is 6.97. The van der Waals surface area contributed by atoms with Crippen molar-refractivity contribution in [3.8, 4) is 5.75 Å². The highest BCUT2D eigenvalue weighted by atomic mass is 127. The van der Waals surface area contributed by atoms with Crippen LogP contribution in [0.3, 0.4) is 0 Å². The SMILES string of the molecule is CCNC(=NCc1ccc(O)c(F)c1)NCC1CCCN1CC.I. The van der Waals surface area contributed by atoms with E-state index in [0.717, 1.165) is 31.2 Å². The molecule has 1 aliphatic heterocycles. The number of guanidine groups is 1. The van der Waals surface area contributed by atoms with Crippen LogP contribution in [0.15, 0.2) is 23.2 Å². The quantitative estimate of drug-likeness (QED) is 0.355. The van der Waals surface area contributed by atoms with Gasteiger partial charge in [-0.15, -0.1) is 24.0 Å². The van der Waals surface area contributed by atoms with E-state index in [9.17, 15) is 9.50 Å². The molecule has 0 aromatic heterocycles. The molecule has 0 bridgehead atoms. The number of phenolic OH excluding ortho intramolecular Hbond substituents is 1. The molecule has 0 amide bonds. The van der Waals surface area contributed by atoms with Crippen LogP contribution in [0.2, 0.25) is 0 Å². The number of phenols is 1. The average molecular weight is 450 g/mol. The zero-order valence-corrected chi connectivity index (χ0v) is 16.7. The number of aliphatic imine (C=N–C) groups is 1. The smallest absolute Gasteiger partial charge is 0.191 e. The molecule has 136 valence electrons. The fourth-order valence-electron chi connectivity index (χ4n) is 2.92. The molecule has 5 nitrogen and oxygen atoms in total. The highest BCUT2D eigenvalue weighted by molar-refractivity contribution is 14.0. The van der Waals surface area contributed by atoms with Crippen molar-refractivity contribution in [3.63, 3.8) is 0 Å². The van der Waals surface area contributed by atoms with Gasteiger partial charge in [0.25, 0.3) is 0 Å². The molecule has 2 rings (SSSR count). The number of hydrogen-bond acceptors (Lipinski definition) is 3. The van der Waals surface area contributed by atoms with Crippen molar-refractivity contribution < 1.29 is 9.50 Å². The summed E-state index contributed by atoms with van der Waals surface area (Å²) in [6.45, 7) is 8.47. The molecule has 24 heavy (non-hydrogen) atoms. The molecule has 0 radical (unpaired) electrons. The fourth-order valence-corrected chi connectivity index (χ4v) is 2.92. The van der Waals surface area contributed by atoms with E-state index in [-0.39, 0.29) is 29.7 Å². The van der Waals surface area contributed by atoms with Crippen LogP contribution in [0.1, 0.15) is 32.3 Å². The van der Waals surface area contributed by atoms with E-state index in [2.05, 4.69) is 27.4 Å². The van der Waals surface area contributed by atoms with Gasteiger partial charge in [0.05, 0.1) is 6.54 Å². The van der Waals surface area contributed by atoms with E-state index in [1.54, 1.807) is 6.07 Å². The Morgan fingerprint density at radius 1 is 1.38 bits per heavy atom. The number of likely N-dealkylation sites (N-methyl/N-ethyl adjacent to an activating group) is 1. The van der Waals surface area contributed by atoms with Crippen LogP contribution in [-0.4, -0.2) is 48.2 Å². The molecule has 1 heterocycles. The van der Waals surface area contributed by atoms with Gasteiger partial charge in [-0.1, -0.05) is 13.0 Å². The maximum atomic E-state index is 13.4. The van der Waals surface area contributed by atoms with Crippen LogP contribution < -0.4 is 10.6 Å². The summed E-state index contributed by atoms with van der Waals surface area (Å²) in [7, 11) is 0. The van der Waals surface area contributed by atoms with Crippen LogP contribution in [0, 0.1) is 5.82 Å². The molecule has 1 saturated heterocycles. The van der Waals surface area contributed by atoms with Gasteiger partial charge in [0.15, 0.2) is 17.5 Å². The van der Waals surface area contributed by atoms with Crippen LogP contribution in [-0.2, 0) is 6.54 Å². The first-order valence-electron chi connectivity index (χ1n) is 8.37. The molecule has 7 heteroatoms. The zero-order valence-electron chi connectivity index (χ0n) is 14.4. The monoisotopic (exact) mass is 450 g/mol. The van der Waals surface area contributed by atoms with Crippen molar-refractivity contribution in [1.29, 1.82) is 0 Å². The van der Waals surface area contributed by atoms with Crippen molar-refractivity contribution in [1.82, 2.24) is 15.5 Å². The van der Waals surface area contributed by atoms with Gasteiger partial charge in [0.1, 0.15) is 0 Å². The van der Waals surface area contributed by atoms with E-state index in [1.807, 2.05) is 6.92 Å². The lowest BCUT2D eigenvalue weighted by Crippen LogP contribution is -2.44. The number of likely N-dealkylation sites (tertiary alicyclic amines) is 1. The lowest BCUT2D eigenvalue weighted by molar-refractivity contribution is 0.267. The second kappa shape index (κ2) is 10.7. The molecule has 1 aromatic carbocycles. The van der Waals surface area contributed by atoms with Gasteiger partial charge in [-0.2, -0.15) is 0 Å². The largest absolute Gasteiger partial charge is 0.505 e. The summed E-state index contributed by atoms with van der Waals surface area (Å²) in [5.74, 6) is -0.201. The van der Waals surface area contributed by atoms with Crippen molar-refractivity contribution >= 4 is 29.9 Å². The Morgan fingerprint density at radius 2 is 2.17 bits per heavy atom. The minimum atomic E-state index is -0.611. The third-order valence-corrected chi connectivity index (χ3v) is 4.19. The topological polar surface area (TPSA) is 59.9 Å². The molecule has 1 atom stereocenters. The van der Waals surface area contributed by atoms with Crippen LogP contribution in [0.5, 0.6) is 5.75 Å². The van der Waals surface area contributed by atoms with Crippen LogP contribution in [0.4, 0.5) is 4.39 Å². The molecular weight excluding hydrogens is 422 g/mol. The predicted octanol–water partition coefficient (Wildman–Crippen LogP) is 2.69. The van der Waals surface area contributed by atoms with E-state index >= 15 is 0 Å². The Bertz CT molecular complexity index is 541. The van der Waals surface area contributed by atoms with Gasteiger partial charge in [-0.3, -0.25) is 4.90 Å². The Balaban J connectivity index is 0.00000288. The van der Waals surface area contributed by atoms with Gasteiger partial charge in [-0.05, 0) is 50.6 Å². The third-order valence-electron chi connectivity index (χ3n) is 4.19. The standard InChI is InChI=1S/C17H27FN4O.HI/c1-3-19-17(21-12-14-6-5-9-22(14)4-2)20-11-13-7-8-16(23)15(18)10-13;/h7-8,10,14,23H,3-6,9,11-12H2,1-2H3,(H2,19,20,21);1H. The van der Waals surface area contributed by atoms with E-state index in [4.69, 9.17) is 0 Å². The molecular formula is C17H28FIN4O. The zero-order chi connectivity index (χ0) is 16.7. The molecule has 0 aliphatic carbocycles. The fraction of sp³-hybridized carbons (Fsp3) is 0.588. The maximum Gasteiger partial charge on any atom is 0.191 e. The number of nitrogens with zero attached hydrogens (tertiary/aromatic N) is 2. The molecule has 1 fully saturated rings. The first-order chi connectivity index (χ1) is 11.1. The molecule has 1 aromatic rings. The molecule has 0 saturated carbocycles. The van der Waals surface area contributed by atoms with Gasteiger partial charge < -0.3 is 15.7 Å². The normalized spacial score (nSPS) is 18.3. The van der Waals surface area contributed by atoms with Crippen LogP contribution >= 0.6 is 24.0 Å². The number of benzene rings is 1. The summed E-state index contributed by atoms with van der Waals surface area (Å²) in [5, 5.41) is 15.8. The van der Waals surface area contributed by atoms with Crippen molar-refractivity contribution in [2.75, 3.05) is 26.2 Å². The van der Waals surface area contributed by atoms with Gasteiger partial charge in [-0.25, -0.2) is 9.38 Å². The Hall–Kier alpha value is -1.09. The van der Waals surface area contributed by atoms with Gasteiger partial charge >= 0.3 is 0 Å². The van der Waals surface area contributed by atoms with Crippen molar-refractivity contribution in [3.05, 3.63) is 29.6 Å². The van der Waals surface area contributed by atoms with E-state index < -0.39 is 5.82 Å². The van der Waals surface area contributed by atoms with Gasteiger partial charge in [0, 0.05) is 19.1 Å².